The van der Waals surface area contributed by atoms with E-state index in [1.165, 1.54) is 43.6 Å². The Hall–Kier alpha value is -3.23. The third-order valence-electron chi connectivity index (χ3n) is 4.96. The van der Waals surface area contributed by atoms with Crippen LogP contribution in [0.15, 0.2) is 48.5 Å². The zero-order chi connectivity index (χ0) is 24.5. The van der Waals surface area contributed by atoms with E-state index in [1.54, 1.807) is 0 Å². The minimum Gasteiger partial charge on any atom is -0.492 e. The van der Waals surface area contributed by atoms with Gasteiger partial charge in [0.2, 0.25) is 5.78 Å². The number of rotatable bonds is 10. The first kappa shape index (κ1) is 25.4. The maximum Gasteiger partial charge on any atom is 0.206 e. The molecule has 1 heterocycles. The van der Waals surface area contributed by atoms with Crippen molar-refractivity contribution >= 4 is 39.5 Å². The lowest BCUT2D eigenvalue weighted by atomic mass is 10.0. The van der Waals surface area contributed by atoms with E-state index in [2.05, 4.69) is 28.6 Å². The molecule has 1 fully saturated rings. The number of aromatic nitrogens is 1. The Morgan fingerprint density at radius 1 is 1.15 bits per heavy atom. The fraction of sp³-hybridized carbons (Fsp3) is 0.346. The molecule has 8 heteroatoms. The lowest BCUT2D eigenvalue weighted by Crippen LogP contribution is -2.20. The smallest absolute Gasteiger partial charge is 0.206 e. The van der Waals surface area contributed by atoms with Gasteiger partial charge in [-0.25, -0.2) is 4.98 Å². The quantitative estimate of drug-likeness (QED) is 0.272. The van der Waals surface area contributed by atoms with Crippen LogP contribution in [-0.2, 0) is 4.79 Å². The Kier molecular flexibility index (Phi) is 9.18. The minimum atomic E-state index is -0.0787. The molecule has 0 saturated heterocycles. The number of anilines is 3. The molecule has 4 N–H and O–H groups in total. The number of nitrogens with one attached hydrogen (secondary N) is 2. The van der Waals surface area contributed by atoms with Gasteiger partial charge in [0, 0.05) is 17.8 Å². The summed E-state index contributed by atoms with van der Waals surface area (Å²) in [6.07, 6.45) is 2.40. The van der Waals surface area contributed by atoms with Crippen LogP contribution < -0.4 is 21.1 Å². The second-order valence-corrected chi connectivity index (χ2v) is 9.22. The number of ether oxygens (including phenoxy) is 1. The summed E-state index contributed by atoms with van der Waals surface area (Å²) in [5, 5.41) is 7.03. The van der Waals surface area contributed by atoms with Crippen LogP contribution in [0.5, 0.6) is 5.75 Å². The number of Topliss-reactive ketones (excluding diaryl/α,β-unsaturated/α-hetero) is 1. The molecular formula is C26H32N4O3S. The molecule has 1 aromatic heterocycles. The van der Waals surface area contributed by atoms with Gasteiger partial charge in [0.15, 0.2) is 5.13 Å². The van der Waals surface area contributed by atoms with Gasteiger partial charge in [-0.2, -0.15) is 0 Å². The normalized spacial score (nSPS) is 12.4. The van der Waals surface area contributed by atoms with Crippen LogP contribution in [0.25, 0.3) is 0 Å². The van der Waals surface area contributed by atoms with Crippen molar-refractivity contribution in [3.8, 4) is 5.75 Å². The van der Waals surface area contributed by atoms with Crippen LogP contribution in [0.4, 0.5) is 16.6 Å². The summed E-state index contributed by atoms with van der Waals surface area (Å²) in [6, 6.07) is 15.5. The van der Waals surface area contributed by atoms with E-state index in [0.717, 1.165) is 24.5 Å². The summed E-state index contributed by atoms with van der Waals surface area (Å²) < 4.78 is 5.68. The molecule has 180 valence electrons. The Labute approximate surface area is 204 Å². The van der Waals surface area contributed by atoms with Crippen molar-refractivity contribution < 1.29 is 14.3 Å². The largest absolute Gasteiger partial charge is 0.492 e. The van der Waals surface area contributed by atoms with Crippen LogP contribution in [0.1, 0.15) is 60.3 Å². The van der Waals surface area contributed by atoms with Crippen molar-refractivity contribution in [2.75, 3.05) is 30.7 Å². The molecular weight excluding hydrogens is 448 g/mol. The first-order valence-electron chi connectivity index (χ1n) is 11.5. The van der Waals surface area contributed by atoms with E-state index in [-0.39, 0.29) is 17.4 Å². The Morgan fingerprint density at radius 3 is 2.50 bits per heavy atom. The fourth-order valence-corrected chi connectivity index (χ4v) is 4.07. The average Bonchev–Trinajstić information content (AvgIpc) is 3.60. The molecule has 0 radical (unpaired) electrons. The van der Waals surface area contributed by atoms with E-state index in [4.69, 9.17) is 10.5 Å². The summed E-state index contributed by atoms with van der Waals surface area (Å²) in [5.74, 6) is 1.75. The number of ketones is 2. The third-order valence-corrected chi connectivity index (χ3v) is 5.95. The highest BCUT2D eigenvalue weighted by molar-refractivity contribution is 7.18. The lowest BCUT2D eigenvalue weighted by molar-refractivity contribution is -0.115. The second kappa shape index (κ2) is 12.3. The zero-order valence-corrected chi connectivity index (χ0v) is 20.7. The molecule has 0 spiro atoms. The average molecular weight is 481 g/mol. The number of nitrogens with two attached hydrogens (primary N) is 1. The van der Waals surface area contributed by atoms with Crippen molar-refractivity contribution in [1.82, 2.24) is 10.3 Å². The fourth-order valence-electron chi connectivity index (χ4n) is 3.21. The maximum atomic E-state index is 13.0. The summed E-state index contributed by atoms with van der Waals surface area (Å²) in [6.45, 7) is 7.49. The summed E-state index contributed by atoms with van der Waals surface area (Å²) in [4.78, 5) is 27.2. The maximum absolute atomic E-state index is 13.0. The standard InChI is InChI=1S/C23H26N4O2S.C3H6O/c1-2-25-12-13-29-19-10-8-18(9-11-19)26-23-27-22(24)21(30-23)20(28)17-5-3-4-16(14-17)15-6-7-15;1-3(2)4/h3-5,8-11,14-15,25H,2,6-7,12-13,24H2,1H3,(H,26,27);1-2H3. The van der Waals surface area contributed by atoms with Crippen molar-refractivity contribution in [2.45, 2.75) is 39.5 Å². The van der Waals surface area contributed by atoms with Crippen molar-refractivity contribution in [1.29, 1.82) is 0 Å². The molecule has 0 aliphatic heterocycles. The molecule has 1 aliphatic rings. The Balaban J connectivity index is 0.000000751. The number of nitrogen functional groups attached to an aromatic ring is 1. The minimum absolute atomic E-state index is 0.0787. The van der Waals surface area contributed by atoms with Crippen LogP contribution >= 0.6 is 11.3 Å². The number of hydrogen-bond donors (Lipinski definition) is 3. The molecule has 0 unspecified atom stereocenters. The number of nitrogens with zero attached hydrogens (tertiary/aromatic N) is 1. The van der Waals surface area contributed by atoms with Gasteiger partial charge in [-0.15, -0.1) is 0 Å². The van der Waals surface area contributed by atoms with Crippen molar-refractivity contribution in [3.63, 3.8) is 0 Å². The van der Waals surface area contributed by atoms with Crippen LogP contribution in [-0.4, -0.2) is 36.2 Å². The molecule has 1 saturated carbocycles. The van der Waals surface area contributed by atoms with Gasteiger partial charge in [0.25, 0.3) is 0 Å². The number of hydrogen-bond acceptors (Lipinski definition) is 8. The lowest BCUT2D eigenvalue weighted by Gasteiger charge is -2.07. The predicted molar refractivity (Wildman–Crippen MR) is 138 cm³/mol. The topological polar surface area (TPSA) is 106 Å². The second-order valence-electron chi connectivity index (χ2n) is 8.22. The molecule has 0 atom stereocenters. The van der Waals surface area contributed by atoms with Crippen molar-refractivity contribution in [2.24, 2.45) is 0 Å². The summed E-state index contributed by atoms with van der Waals surface area (Å²) in [7, 11) is 0. The number of carbonyl (C=O) groups is 2. The first-order valence-corrected chi connectivity index (χ1v) is 12.3. The molecule has 34 heavy (non-hydrogen) atoms. The number of carbonyl (C=O) groups excluding carboxylic acids is 2. The molecule has 4 rings (SSSR count). The highest BCUT2D eigenvalue weighted by Gasteiger charge is 2.25. The van der Waals surface area contributed by atoms with Crippen LogP contribution in [0.2, 0.25) is 0 Å². The number of likely N-dealkylation sites (N-methyl/N-ethyl adjacent to an activating group) is 1. The molecule has 0 bridgehead atoms. The van der Waals surface area contributed by atoms with Gasteiger partial charge < -0.3 is 25.9 Å². The summed E-state index contributed by atoms with van der Waals surface area (Å²) in [5.41, 5.74) is 8.82. The molecule has 2 aromatic carbocycles. The van der Waals surface area contributed by atoms with E-state index < -0.39 is 0 Å². The molecule has 7 nitrogen and oxygen atoms in total. The van der Waals surface area contributed by atoms with Gasteiger partial charge in [-0.3, -0.25) is 4.79 Å². The SMILES string of the molecule is CC(C)=O.CCNCCOc1ccc(Nc2nc(N)c(C(=O)c3cccc(C4CC4)c3)s2)cc1. The summed E-state index contributed by atoms with van der Waals surface area (Å²) >= 11 is 1.27. The third kappa shape index (κ3) is 7.67. The van der Waals surface area contributed by atoms with Gasteiger partial charge in [0.05, 0.1) is 0 Å². The van der Waals surface area contributed by atoms with E-state index in [1.807, 2.05) is 42.5 Å². The number of benzene rings is 2. The van der Waals surface area contributed by atoms with Gasteiger partial charge in [0.1, 0.15) is 28.8 Å². The monoisotopic (exact) mass is 480 g/mol. The predicted octanol–water partition coefficient (Wildman–Crippen LogP) is 5.16. The van der Waals surface area contributed by atoms with E-state index in [9.17, 15) is 9.59 Å². The van der Waals surface area contributed by atoms with Crippen molar-refractivity contribution in [3.05, 3.63) is 64.5 Å². The Bertz CT molecular complexity index is 1100. The van der Waals surface area contributed by atoms with Crippen LogP contribution in [0, 0.1) is 0 Å². The zero-order valence-electron chi connectivity index (χ0n) is 19.9. The van der Waals surface area contributed by atoms with E-state index >= 15 is 0 Å². The first-order chi connectivity index (χ1) is 16.4. The van der Waals surface area contributed by atoms with Crippen LogP contribution in [0.3, 0.4) is 0 Å². The van der Waals surface area contributed by atoms with Gasteiger partial charge in [-0.05, 0) is 75.0 Å². The highest BCUT2D eigenvalue weighted by Crippen LogP contribution is 2.40. The number of thiazole rings is 1. The molecule has 3 aromatic rings. The van der Waals surface area contributed by atoms with Gasteiger partial charge >= 0.3 is 0 Å². The van der Waals surface area contributed by atoms with E-state index in [0.29, 0.717) is 28.1 Å². The Morgan fingerprint density at radius 2 is 1.85 bits per heavy atom. The van der Waals surface area contributed by atoms with Gasteiger partial charge in [-0.1, -0.05) is 36.5 Å². The molecule has 0 amide bonds. The highest BCUT2D eigenvalue weighted by atomic mass is 32.1. The molecule has 1 aliphatic carbocycles.